The Bertz CT molecular complexity index is 1760. The van der Waals surface area contributed by atoms with Gasteiger partial charge in [-0.3, -0.25) is 0 Å². The zero-order chi connectivity index (χ0) is 26.6. The first kappa shape index (κ1) is 23.6. The van der Waals surface area contributed by atoms with E-state index in [1.807, 2.05) is 11.8 Å². The molecule has 0 aromatic heterocycles. The Kier molecular flexibility index (Phi) is 4.76. The molecule has 1 fully saturated rings. The highest BCUT2D eigenvalue weighted by Crippen LogP contribution is 2.62. The van der Waals surface area contributed by atoms with Crippen LogP contribution in [-0.2, 0) is 14.7 Å². The highest BCUT2D eigenvalue weighted by molar-refractivity contribution is 7.99. The Labute approximate surface area is 234 Å². The van der Waals surface area contributed by atoms with E-state index in [9.17, 15) is 0 Å². The van der Waals surface area contributed by atoms with E-state index >= 15 is 0 Å². The van der Waals surface area contributed by atoms with Gasteiger partial charge in [-0.15, -0.1) is 0 Å². The van der Waals surface area contributed by atoms with Gasteiger partial charge in [0.25, 0.3) is 0 Å². The molecule has 0 saturated carbocycles. The fraction of sp³-hybridized carbons (Fsp3) is 0.200. The van der Waals surface area contributed by atoms with Crippen LogP contribution < -0.4 is 5.46 Å². The molecule has 0 unspecified atom stereocenters. The zero-order valence-electron chi connectivity index (χ0n) is 22.6. The SMILES string of the molecule is CC1(C)OB(c2cccc3c2-c2c(ccc4ccccc24)C32c3ccccc3Sc3ccccc32)OC1(C)C. The quantitative estimate of drug-likeness (QED) is 0.203. The van der Waals surface area contributed by atoms with E-state index < -0.39 is 23.7 Å². The zero-order valence-corrected chi connectivity index (χ0v) is 23.4. The van der Waals surface area contributed by atoms with Crippen LogP contribution in [0, 0.1) is 0 Å². The molecular weight excluding hydrogens is 495 g/mol. The molecule has 2 heterocycles. The molecule has 1 spiro atoms. The monoisotopic (exact) mass is 524 g/mol. The molecule has 190 valence electrons. The largest absolute Gasteiger partial charge is 0.495 e. The number of benzene rings is 5. The molecule has 5 aromatic carbocycles. The maximum absolute atomic E-state index is 6.69. The van der Waals surface area contributed by atoms with E-state index in [-0.39, 0.29) is 0 Å². The van der Waals surface area contributed by atoms with E-state index in [0.29, 0.717) is 0 Å². The molecule has 1 aliphatic carbocycles. The van der Waals surface area contributed by atoms with Gasteiger partial charge in [0.2, 0.25) is 0 Å². The van der Waals surface area contributed by atoms with E-state index in [0.717, 1.165) is 5.46 Å². The molecule has 1 saturated heterocycles. The number of hydrogen-bond acceptors (Lipinski definition) is 3. The Morgan fingerprint density at radius 1 is 0.538 bits per heavy atom. The maximum Gasteiger partial charge on any atom is 0.495 e. The second-order valence-electron chi connectivity index (χ2n) is 11.9. The second-order valence-corrected chi connectivity index (χ2v) is 13.0. The summed E-state index contributed by atoms with van der Waals surface area (Å²) in [6.07, 6.45) is 0. The van der Waals surface area contributed by atoms with Gasteiger partial charge in [0.05, 0.1) is 16.6 Å². The number of hydrogen-bond donors (Lipinski definition) is 0. The lowest BCUT2D eigenvalue weighted by molar-refractivity contribution is 0.00578. The summed E-state index contributed by atoms with van der Waals surface area (Å²) >= 11 is 1.88. The van der Waals surface area contributed by atoms with Gasteiger partial charge < -0.3 is 9.31 Å². The molecule has 8 rings (SSSR count). The van der Waals surface area contributed by atoms with E-state index in [1.165, 1.54) is 53.9 Å². The summed E-state index contributed by atoms with van der Waals surface area (Å²) < 4.78 is 13.4. The number of fused-ring (bicyclic) bond motifs is 11. The Balaban J connectivity index is 1.54. The van der Waals surface area contributed by atoms with Crippen LogP contribution in [-0.4, -0.2) is 18.3 Å². The van der Waals surface area contributed by atoms with Crippen LogP contribution in [0.15, 0.2) is 113 Å². The van der Waals surface area contributed by atoms with Gasteiger partial charge in [-0.05, 0) is 89.4 Å². The highest BCUT2D eigenvalue weighted by atomic mass is 32.2. The molecule has 3 aliphatic rings. The van der Waals surface area contributed by atoms with Crippen molar-refractivity contribution in [2.24, 2.45) is 0 Å². The van der Waals surface area contributed by atoms with Gasteiger partial charge in [0.15, 0.2) is 0 Å². The topological polar surface area (TPSA) is 18.5 Å². The van der Waals surface area contributed by atoms with Gasteiger partial charge in [-0.2, -0.15) is 0 Å². The molecule has 0 N–H and O–H groups in total. The number of rotatable bonds is 1. The first-order valence-electron chi connectivity index (χ1n) is 13.7. The molecule has 0 atom stereocenters. The van der Waals surface area contributed by atoms with Crippen molar-refractivity contribution in [1.82, 2.24) is 0 Å². The van der Waals surface area contributed by atoms with Crippen molar-refractivity contribution in [3.8, 4) is 11.1 Å². The fourth-order valence-corrected chi connectivity index (χ4v) is 8.09. The summed E-state index contributed by atoms with van der Waals surface area (Å²) in [7, 11) is -0.449. The van der Waals surface area contributed by atoms with Crippen LogP contribution in [0.4, 0.5) is 0 Å². The van der Waals surface area contributed by atoms with Crippen molar-refractivity contribution in [3.63, 3.8) is 0 Å². The van der Waals surface area contributed by atoms with Gasteiger partial charge in [0.1, 0.15) is 0 Å². The predicted molar refractivity (Wildman–Crippen MR) is 161 cm³/mol. The first-order valence-corrected chi connectivity index (χ1v) is 14.5. The van der Waals surface area contributed by atoms with E-state index in [1.54, 1.807) is 0 Å². The van der Waals surface area contributed by atoms with Crippen LogP contribution in [0.1, 0.15) is 49.9 Å². The highest BCUT2D eigenvalue weighted by Gasteiger charge is 2.56. The van der Waals surface area contributed by atoms with Crippen molar-refractivity contribution in [1.29, 1.82) is 0 Å². The summed E-state index contributed by atoms with van der Waals surface area (Å²) in [6.45, 7) is 8.52. The lowest BCUT2D eigenvalue weighted by atomic mass is 9.66. The van der Waals surface area contributed by atoms with Gasteiger partial charge in [0, 0.05) is 9.79 Å². The summed E-state index contributed by atoms with van der Waals surface area (Å²) in [4.78, 5) is 2.62. The molecule has 2 nitrogen and oxygen atoms in total. The van der Waals surface area contributed by atoms with Crippen molar-refractivity contribution in [3.05, 3.63) is 125 Å². The second kappa shape index (κ2) is 7.88. The third-order valence-electron chi connectivity index (χ3n) is 9.39. The van der Waals surface area contributed by atoms with Gasteiger partial charge in [-0.1, -0.05) is 103 Å². The van der Waals surface area contributed by atoms with Crippen molar-refractivity contribution in [2.45, 2.75) is 54.1 Å². The minimum atomic E-state index is -0.449. The average Bonchev–Trinajstić information content (AvgIpc) is 3.36. The first-order chi connectivity index (χ1) is 18.8. The molecule has 39 heavy (non-hydrogen) atoms. The average molecular weight is 524 g/mol. The van der Waals surface area contributed by atoms with Crippen molar-refractivity contribution >= 4 is 35.1 Å². The predicted octanol–water partition coefficient (Wildman–Crippen LogP) is 7.97. The molecule has 4 heteroatoms. The van der Waals surface area contributed by atoms with Crippen molar-refractivity contribution in [2.75, 3.05) is 0 Å². The molecule has 0 amide bonds. The summed E-state index contributed by atoms with van der Waals surface area (Å²) in [5, 5.41) is 2.51. The Morgan fingerprint density at radius 2 is 1.10 bits per heavy atom. The summed E-state index contributed by atoms with van der Waals surface area (Å²) in [5.41, 5.74) is 7.72. The lowest BCUT2D eigenvalue weighted by Crippen LogP contribution is -2.41. The summed E-state index contributed by atoms with van der Waals surface area (Å²) in [6, 6.07) is 38.1. The minimum Gasteiger partial charge on any atom is -0.399 e. The lowest BCUT2D eigenvalue weighted by Gasteiger charge is -2.39. The molecule has 5 aromatic rings. The van der Waals surface area contributed by atoms with Crippen LogP contribution in [0.2, 0.25) is 0 Å². The standard InChI is InChI=1S/C35H29BO2S/c1-33(2)34(3,4)38-36(37-33)28-17-11-16-26-32(28)31-23-13-6-5-12-22(23)20-21-27(31)35(26)24-14-7-9-18-29(24)39-30-19-10-8-15-25(30)35/h5-21H,1-4H3. The normalized spacial score (nSPS) is 19.0. The Hall–Kier alpha value is -3.31. The Morgan fingerprint density at radius 3 is 1.79 bits per heavy atom. The van der Waals surface area contributed by atoms with Gasteiger partial charge >= 0.3 is 7.12 Å². The van der Waals surface area contributed by atoms with Gasteiger partial charge in [-0.25, -0.2) is 0 Å². The minimum absolute atomic E-state index is 0.418. The molecular formula is C35H29BO2S. The maximum atomic E-state index is 6.69. The van der Waals surface area contributed by atoms with Crippen LogP contribution in [0.25, 0.3) is 21.9 Å². The van der Waals surface area contributed by atoms with E-state index in [4.69, 9.17) is 9.31 Å². The molecule has 2 aliphatic heterocycles. The third kappa shape index (κ3) is 2.97. The van der Waals surface area contributed by atoms with Crippen LogP contribution in [0.5, 0.6) is 0 Å². The third-order valence-corrected chi connectivity index (χ3v) is 10.5. The van der Waals surface area contributed by atoms with Crippen LogP contribution in [0.3, 0.4) is 0 Å². The fourth-order valence-electron chi connectivity index (χ4n) is 6.90. The molecule has 0 radical (unpaired) electrons. The summed E-state index contributed by atoms with van der Waals surface area (Å²) in [5.74, 6) is 0. The van der Waals surface area contributed by atoms with E-state index in [2.05, 4.69) is 131 Å². The smallest absolute Gasteiger partial charge is 0.399 e. The van der Waals surface area contributed by atoms with Crippen molar-refractivity contribution < 1.29 is 9.31 Å². The van der Waals surface area contributed by atoms with Crippen LogP contribution >= 0.6 is 11.8 Å². The molecule has 0 bridgehead atoms.